The third-order valence-corrected chi connectivity index (χ3v) is 7.20. The molecule has 0 radical (unpaired) electrons. The lowest BCUT2D eigenvalue weighted by molar-refractivity contribution is -0.0328. The summed E-state index contributed by atoms with van der Waals surface area (Å²) < 4.78 is 30.4. The van der Waals surface area contributed by atoms with E-state index in [-0.39, 0.29) is 97.6 Å². The molecule has 35 heavy (non-hydrogen) atoms. The number of rotatable bonds is 24. The molecule has 0 amide bonds. The Hall–Kier alpha value is -0.250. The van der Waals surface area contributed by atoms with Gasteiger partial charge >= 0.3 is 7.82 Å². The summed E-state index contributed by atoms with van der Waals surface area (Å²) >= 11 is 0. The van der Waals surface area contributed by atoms with Crippen LogP contribution >= 0.6 is 7.82 Å². The Morgan fingerprint density at radius 3 is 1.00 bits per heavy atom. The Morgan fingerprint density at radius 2 is 0.829 bits per heavy atom. The van der Waals surface area contributed by atoms with Gasteiger partial charge in [-0.05, 0) is 19.3 Å². The highest BCUT2D eigenvalue weighted by molar-refractivity contribution is 7.48. The SMILES string of the molecule is CCC(CO)N(CCO)COP(=O)(OCN(CCO)C(CC)CO)OCN(CCO)C(CC)CO. The second-order valence-corrected chi connectivity index (χ2v) is 9.73. The van der Waals surface area contributed by atoms with Crippen molar-refractivity contribution >= 4 is 7.82 Å². The van der Waals surface area contributed by atoms with Gasteiger partial charge in [-0.3, -0.25) is 28.3 Å². The van der Waals surface area contributed by atoms with Crippen molar-refractivity contribution in [2.75, 3.05) is 79.5 Å². The number of aliphatic hydroxyl groups excluding tert-OH is 6. The van der Waals surface area contributed by atoms with Crippen molar-refractivity contribution in [1.82, 2.24) is 14.7 Å². The lowest BCUT2D eigenvalue weighted by Gasteiger charge is -2.33. The van der Waals surface area contributed by atoms with E-state index in [2.05, 4.69) is 0 Å². The van der Waals surface area contributed by atoms with Crippen LogP contribution in [0.25, 0.3) is 0 Å². The van der Waals surface area contributed by atoms with Crippen LogP contribution in [0.1, 0.15) is 40.0 Å². The van der Waals surface area contributed by atoms with E-state index in [0.29, 0.717) is 19.3 Å². The summed E-state index contributed by atoms with van der Waals surface area (Å²) in [5, 5.41) is 57.1. The first kappa shape index (κ1) is 34.8. The highest BCUT2D eigenvalue weighted by Crippen LogP contribution is 2.50. The van der Waals surface area contributed by atoms with E-state index in [1.165, 1.54) is 0 Å². The Morgan fingerprint density at radius 1 is 0.571 bits per heavy atom. The van der Waals surface area contributed by atoms with Gasteiger partial charge in [0.1, 0.15) is 20.2 Å². The molecule has 0 aliphatic heterocycles. The zero-order valence-corrected chi connectivity index (χ0v) is 22.3. The normalized spacial score (nSPS) is 16.7. The van der Waals surface area contributed by atoms with Gasteiger partial charge in [-0.2, -0.15) is 0 Å². The predicted octanol–water partition coefficient (Wildman–Crippen LogP) is -0.788. The third kappa shape index (κ3) is 13.2. The molecular formula is C21H48N3O10P. The van der Waals surface area contributed by atoms with Gasteiger partial charge in [0.2, 0.25) is 0 Å². The van der Waals surface area contributed by atoms with E-state index in [0.717, 1.165) is 0 Å². The van der Waals surface area contributed by atoms with Crippen molar-refractivity contribution in [3.05, 3.63) is 0 Å². The zero-order chi connectivity index (χ0) is 26.7. The highest BCUT2D eigenvalue weighted by atomic mass is 31.2. The van der Waals surface area contributed by atoms with E-state index >= 15 is 0 Å². The summed E-state index contributed by atoms with van der Waals surface area (Å²) in [6.45, 7) is 4.10. The van der Waals surface area contributed by atoms with Crippen LogP contribution in [0.2, 0.25) is 0 Å². The molecule has 0 spiro atoms. The number of hydrogen-bond donors (Lipinski definition) is 6. The lowest BCUT2D eigenvalue weighted by Crippen LogP contribution is -2.43. The maximum absolute atomic E-state index is 13.6. The number of hydrogen-bond acceptors (Lipinski definition) is 13. The minimum atomic E-state index is -4.25. The summed E-state index contributed by atoms with van der Waals surface area (Å²) in [5.41, 5.74) is 0. The summed E-state index contributed by atoms with van der Waals surface area (Å²) in [7, 11) is -4.25. The molecule has 0 aliphatic rings. The van der Waals surface area contributed by atoms with Crippen LogP contribution in [-0.2, 0) is 18.1 Å². The second kappa shape index (κ2) is 20.8. The molecule has 0 aromatic rings. The first-order valence-electron chi connectivity index (χ1n) is 12.2. The molecule has 0 bridgehead atoms. The van der Waals surface area contributed by atoms with Crippen LogP contribution < -0.4 is 0 Å². The maximum atomic E-state index is 13.6. The molecule has 14 heteroatoms. The minimum absolute atomic E-state index is 0.164. The average Bonchev–Trinajstić information content (AvgIpc) is 2.86. The van der Waals surface area contributed by atoms with Gasteiger partial charge in [0.15, 0.2) is 0 Å². The van der Waals surface area contributed by atoms with Crippen LogP contribution in [0.4, 0.5) is 0 Å². The molecule has 0 fully saturated rings. The van der Waals surface area contributed by atoms with E-state index in [9.17, 15) is 35.2 Å². The van der Waals surface area contributed by atoms with Gasteiger partial charge in [0.05, 0.1) is 39.6 Å². The summed E-state index contributed by atoms with van der Waals surface area (Å²) in [6.07, 6.45) is 1.68. The summed E-state index contributed by atoms with van der Waals surface area (Å²) in [6, 6.07) is -1.03. The van der Waals surface area contributed by atoms with E-state index in [1.54, 1.807) is 14.7 Å². The molecule has 0 rings (SSSR count). The Labute approximate surface area is 209 Å². The quantitative estimate of drug-likeness (QED) is 0.0673. The number of nitrogens with zero attached hydrogens (tertiary/aromatic N) is 3. The third-order valence-electron chi connectivity index (χ3n) is 5.90. The molecule has 212 valence electrons. The minimum Gasteiger partial charge on any atom is -0.395 e. The molecule has 3 unspecified atom stereocenters. The summed E-state index contributed by atoms with van der Waals surface area (Å²) in [5.74, 6) is 0. The molecule has 0 aromatic carbocycles. The van der Waals surface area contributed by atoms with E-state index in [1.807, 2.05) is 20.8 Å². The van der Waals surface area contributed by atoms with Gasteiger partial charge < -0.3 is 30.6 Å². The molecule has 0 saturated carbocycles. The number of aliphatic hydroxyl groups is 6. The van der Waals surface area contributed by atoms with Gasteiger partial charge in [0, 0.05) is 37.8 Å². The molecule has 0 heterocycles. The molecule has 13 nitrogen and oxygen atoms in total. The molecule has 3 atom stereocenters. The van der Waals surface area contributed by atoms with Gasteiger partial charge in [-0.15, -0.1) is 0 Å². The van der Waals surface area contributed by atoms with Crippen LogP contribution in [0.5, 0.6) is 0 Å². The van der Waals surface area contributed by atoms with E-state index in [4.69, 9.17) is 13.6 Å². The number of phosphoric ester groups is 1. The van der Waals surface area contributed by atoms with Gasteiger partial charge in [-0.1, -0.05) is 20.8 Å². The van der Waals surface area contributed by atoms with Gasteiger partial charge in [-0.25, -0.2) is 4.57 Å². The first-order valence-corrected chi connectivity index (χ1v) is 13.7. The largest absolute Gasteiger partial charge is 0.478 e. The fraction of sp³-hybridized carbons (Fsp3) is 1.00. The van der Waals surface area contributed by atoms with Crippen molar-refractivity contribution in [3.8, 4) is 0 Å². The average molecular weight is 534 g/mol. The fourth-order valence-corrected chi connectivity index (χ4v) is 4.59. The number of phosphoric acid groups is 1. The van der Waals surface area contributed by atoms with Crippen LogP contribution in [0.3, 0.4) is 0 Å². The summed E-state index contributed by atoms with van der Waals surface area (Å²) in [4.78, 5) is 4.84. The smallest absolute Gasteiger partial charge is 0.395 e. The molecule has 6 N–H and O–H groups in total. The molecule has 0 aromatic heterocycles. The van der Waals surface area contributed by atoms with Crippen molar-refractivity contribution in [2.24, 2.45) is 0 Å². The van der Waals surface area contributed by atoms with Crippen molar-refractivity contribution < 1.29 is 48.8 Å². The van der Waals surface area contributed by atoms with Crippen molar-refractivity contribution in [3.63, 3.8) is 0 Å². The molecular weight excluding hydrogens is 485 g/mol. The molecule has 0 aliphatic carbocycles. The standard InChI is InChI=1S/C21H48N3O10P/c1-4-19(13-28)22(7-10-25)16-32-35(31,33-17-23(8-11-26)20(5-2)14-29)34-18-24(9-12-27)21(6-3)15-30/h19-21,25-30H,4-18H2,1-3H3. The first-order chi connectivity index (χ1) is 16.8. The van der Waals surface area contributed by atoms with Gasteiger partial charge in [0.25, 0.3) is 0 Å². The highest BCUT2D eigenvalue weighted by Gasteiger charge is 2.32. The van der Waals surface area contributed by atoms with E-state index < -0.39 is 7.82 Å². The van der Waals surface area contributed by atoms with Crippen LogP contribution in [0.15, 0.2) is 0 Å². The topological polar surface area (TPSA) is 176 Å². The molecule has 0 saturated heterocycles. The second-order valence-electron chi connectivity index (χ2n) is 8.06. The lowest BCUT2D eigenvalue weighted by atomic mass is 10.2. The van der Waals surface area contributed by atoms with Crippen LogP contribution in [0, 0.1) is 0 Å². The Kier molecular flexibility index (Phi) is 20.6. The van der Waals surface area contributed by atoms with Crippen molar-refractivity contribution in [1.29, 1.82) is 0 Å². The zero-order valence-electron chi connectivity index (χ0n) is 21.4. The van der Waals surface area contributed by atoms with Crippen molar-refractivity contribution in [2.45, 2.75) is 58.2 Å². The monoisotopic (exact) mass is 533 g/mol. The fourth-order valence-electron chi connectivity index (χ4n) is 3.50. The van der Waals surface area contributed by atoms with Crippen LogP contribution in [-0.4, -0.2) is 143 Å². The predicted molar refractivity (Wildman–Crippen MR) is 130 cm³/mol. The maximum Gasteiger partial charge on any atom is 0.478 e. The Bertz CT molecular complexity index is 468. The Balaban J connectivity index is 5.66.